The molecule has 0 aliphatic heterocycles. The van der Waals surface area contributed by atoms with Crippen molar-refractivity contribution in [3.8, 4) is 6.07 Å². The largest absolute Gasteiger partial charge is 0.251 e. The summed E-state index contributed by atoms with van der Waals surface area (Å²) < 4.78 is 40.0. The normalized spacial score (nSPS) is 28.4. The average molecular weight is 390 g/mol. The first-order chi connectivity index (χ1) is 13.6. The lowest BCUT2D eigenvalue weighted by molar-refractivity contribution is 0.171. The van der Waals surface area contributed by atoms with Gasteiger partial charge in [-0.05, 0) is 106 Å². The van der Waals surface area contributed by atoms with E-state index in [0.717, 1.165) is 43.9 Å². The van der Waals surface area contributed by atoms with E-state index in [0.29, 0.717) is 17.9 Å². The van der Waals surface area contributed by atoms with Crippen molar-refractivity contribution in [1.82, 2.24) is 0 Å². The van der Waals surface area contributed by atoms with Crippen LogP contribution >= 0.6 is 0 Å². The van der Waals surface area contributed by atoms with Crippen LogP contribution < -0.4 is 0 Å². The van der Waals surface area contributed by atoms with Crippen LogP contribution in [0, 0.1) is 40.7 Å². The van der Waals surface area contributed by atoms with Crippen molar-refractivity contribution in [2.24, 2.45) is 17.8 Å². The highest BCUT2D eigenvalue weighted by Gasteiger charge is 2.31. The number of hydrogen-bond acceptors (Lipinski definition) is 1. The molecule has 0 heterocycles. The Morgan fingerprint density at radius 3 is 2.04 bits per heavy atom. The minimum atomic E-state index is -0.738. The quantitative estimate of drug-likeness (QED) is 0.372. The Balaban J connectivity index is 1.47. The molecule has 0 spiro atoms. The zero-order chi connectivity index (χ0) is 19.9. The van der Waals surface area contributed by atoms with E-state index < -0.39 is 17.2 Å². The lowest BCUT2D eigenvalue weighted by atomic mass is 9.68. The third kappa shape index (κ3) is 5.19. The smallest absolute Gasteiger partial charge is 0.144 e. The summed E-state index contributed by atoms with van der Waals surface area (Å²) in [5.41, 5.74) is 0.225. The molecule has 3 rings (SSSR count). The first-order valence-corrected chi connectivity index (χ1v) is 10.7. The average Bonchev–Trinajstić information content (AvgIpc) is 2.72. The SMILES string of the molecule is N#Cc1c(F)cc(C2CCC(C3CCC(/C=C/CCCF)CC3)CC2)cc1F. The Bertz CT molecular complexity index is 682. The van der Waals surface area contributed by atoms with Crippen molar-refractivity contribution in [1.29, 1.82) is 5.26 Å². The van der Waals surface area contributed by atoms with Gasteiger partial charge >= 0.3 is 0 Å². The van der Waals surface area contributed by atoms with Crippen LogP contribution in [0.5, 0.6) is 0 Å². The molecule has 152 valence electrons. The number of allylic oxidation sites excluding steroid dienone is 2. The van der Waals surface area contributed by atoms with Gasteiger partial charge in [0.15, 0.2) is 0 Å². The summed E-state index contributed by atoms with van der Waals surface area (Å²) in [7, 11) is 0. The number of benzene rings is 1. The molecule has 1 nitrogen and oxygen atoms in total. The van der Waals surface area contributed by atoms with E-state index in [2.05, 4.69) is 12.2 Å². The molecule has 0 aromatic heterocycles. The summed E-state index contributed by atoms with van der Waals surface area (Å²) in [5, 5.41) is 8.82. The van der Waals surface area contributed by atoms with Crippen LogP contribution in [0.4, 0.5) is 13.2 Å². The second kappa shape index (κ2) is 10.1. The minimum absolute atomic E-state index is 0.197. The van der Waals surface area contributed by atoms with Gasteiger partial charge in [0, 0.05) is 0 Å². The van der Waals surface area contributed by atoms with Crippen molar-refractivity contribution in [3.05, 3.63) is 47.0 Å². The van der Waals surface area contributed by atoms with Crippen molar-refractivity contribution in [2.45, 2.75) is 70.1 Å². The summed E-state index contributed by atoms with van der Waals surface area (Å²) in [6.45, 7) is -0.235. The molecule has 1 aromatic carbocycles. The van der Waals surface area contributed by atoms with Crippen LogP contribution in [0.2, 0.25) is 0 Å². The number of rotatable bonds is 6. The Kier molecular flexibility index (Phi) is 7.59. The fraction of sp³-hybridized carbons (Fsp3) is 0.625. The highest BCUT2D eigenvalue weighted by atomic mass is 19.1. The number of unbranched alkanes of at least 4 members (excludes halogenated alkanes) is 1. The highest BCUT2D eigenvalue weighted by molar-refractivity contribution is 5.36. The van der Waals surface area contributed by atoms with E-state index in [1.54, 1.807) is 6.07 Å². The number of alkyl halides is 1. The number of hydrogen-bond donors (Lipinski definition) is 0. The Labute approximate surface area is 166 Å². The topological polar surface area (TPSA) is 23.8 Å². The molecular weight excluding hydrogens is 359 g/mol. The predicted octanol–water partition coefficient (Wildman–Crippen LogP) is 7.22. The predicted molar refractivity (Wildman–Crippen MR) is 106 cm³/mol. The van der Waals surface area contributed by atoms with Gasteiger partial charge in [-0.25, -0.2) is 8.78 Å². The van der Waals surface area contributed by atoms with Crippen molar-refractivity contribution < 1.29 is 13.2 Å². The van der Waals surface area contributed by atoms with E-state index >= 15 is 0 Å². The van der Waals surface area contributed by atoms with Crippen molar-refractivity contribution in [3.63, 3.8) is 0 Å². The molecule has 0 bridgehead atoms. The van der Waals surface area contributed by atoms with Crippen LogP contribution in [-0.2, 0) is 0 Å². The lowest BCUT2D eigenvalue weighted by Crippen LogP contribution is -2.25. The summed E-state index contributed by atoms with van der Waals surface area (Å²) in [6, 6.07) is 4.30. The van der Waals surface area contributed by atoms with Gasteiger partial charge in [-0.1, -0.05) is 12.2 Å². The molecule has 2 fully saturated rings. The van der Waals surface area contributed by atoms with E-state index in [1.165, 1.54) is 37.8 Å². The number of halogens is 3. The molecule has 0 saturated heterocycles. The highest BCUT2D eigenvalue weighted by Crippen LogP contribution is 2.44. The van der Waals surface area contributed by atoms with Gasteiger partial charge in [-0.2, -0.15) is 5.26 Å². The van der Waals surface area contributed by atoms with Crippen molar-refractivity contribution in [2.75, 3.05) is 6.67 Å². The maximum atomic E-state index is 13.9. The Morgan fingerprint density at radius 1 is 0.929 bits per heavy atom. The Morgan fingerprint density at radius 2 is 1.50 bits per heavy atom. The second-order valence-corrected chi connectivity index (χ2v) is 8.52. The van der Waals surface area contributed by atoms with Gasteiger partial charge in [-0.15, -0.1) is 0 Å². The molecule has 28 heavy (non-hydrogen) atoms. The van der Waals surface area contributed by atoms with E-state index in [4.69, 9.17) is 5.26 Å². The molecule has 0 radical (unpaired) electrons. The van der Waals surface area contributed by atoms with Crippen LogP contribution in [0.15, 0.2) is 24.3 Å². The van der Waals surface area contributed by atoms with Gasteiger partial charge in [0.05, 0.1) is 6.67 Å². The molecule has 1 aromatic rings. The number of nitriles is 1. The minimum Gasteiger partial charge on any atom is -0.251 e. The molecule has 2 saturated carbocycles. The standard InChI is InChI=1S/C24H30F3N/c25-13-3-1-2-4-17-5-7-18(8-6-17)19-9-11-20(12-10-19)21-14-23(26)22(16-28)24(27)15-21/h2,4,14-15,17-20H,1,3,5-13H2/b4-2+. The number of nitrogens with zero attached hydrogens (tertiary/aromatic N) is 1. The fourth-order valence-corrected chi connectivity index (χ4v) is 5.15. The molecule has 2 aliphatic rings. The van der Waals surface area contributed by atoms with Gasteiger partial charge in [0.1, 0.15) is 23.3 Å². The molecular formula is C24H30F3N. The first kappa shape index (κ1) is 21.0. The summed E-state index contributed by atoms with van der Waals surface area (Å²) in [4.78, 5) is 0. The van der Waals surface area contributed by atoms with Gasteiger partial charge in [0.2, 0.25) is 0 Å². The third-order valence-corrected chi connectivity index (χ3v) is 6.82. The summed E-state index contributed by atoms with van der Waals surface area (Å²) in [5.74, 6) is 0.862. The monoisotopic (exact) mass is 389 g/mol. The zero-order valence-corrected chi connectivity index (χ0v) is 16.5. The lowest BCUT2D eigenvalue weighted by Gasteiger charge is -2.37. The van der Waals surface area contributed by atoms with Gasteiger partial charge in [-0.3, -0.25) is 4.39 Å². The van der Waals surface area contributed by atoms with Gasteiger partial charge < -0.3 is 0 Å². The Hall–Kier alpha value is -1.76. The first-order valence-electron chi connectivity index (χ1n) is 10.7. The maximum absolute atomic E-state index is 13.9. The fourth-order valence-electron chi connectivity index (χ4n) is 5.15. The van der Waals surface area contributed by atoms with E-state index in [1.807, 2.05) is 0 Å². The van der Waals surface area contributed by atoms with Crippen LogP contribution in [0.3, 0.4) is 0 Å². The van der Waals surface area contributed by atoms with E-state index in [-0.39, 0.29) is 12.6 Å². The van der Waals surface area contributed by atoms with Crippen LogP contribution in [0.1, 0.15) is 81.3 Å². The molecule has 2 aliphatic carbocycles. The molecule has 0 N–H and O–H groups in total. The summed E-state index contributed by atoms with van der Waals surface area (Å²) >= 11 is 0. The van der Waals surface area contributed by atoms with Gasteiger partial charge in [0.25, 0.3) is 0 Å². The van der Waals surface area contributed by atoms with Crippen molar-refractivity contribution >= 4 is 0 Å². The third-order valence-electron chi connectivity index (χ3n) is 6.82. The maximum Gasteiger partial charge on any atom is 0.144 e. The van der Waals surface area contributed by atoms with Crippen LogP contribution in [-0.4, -0.2) is 6.67 Å². The molecule has 4 heteroatoms. The molecule has 0 atom stereocenters. The summed E-state index contributed by atoms with van der Waals surface area (Å²) in [6.07, 6.45) is 15.1. The zero-order valence-electron chi connectivity index (χ0n) is 16.5. The van der Waals surface area contributed by atoms with E-state index in [9.17, 15) is 13.2 Å². The van der Waals surface area contributed by atoms with Crippen LogP contribution in [0.25, 0.3) is 0 Å². The second-order valence-electron chi connectivity index (χ2n) is 8.52. The molecule has 0 amide bonds. The molecule has 0 unspecified atom stereocenters.